The summed E-state index contributed by atoms with van der Waals surface area (Å²) in [7, 11) is 0. The number of H-pyrrole nitrogens is 1. The summed E-state index contributed by atoms with van der Waals surface area (Å²) in [6.45, 7) is -1.24. The second-order valence-corrected chi connectivity index (χ2v) is 4.99. The highest BCUT2D eigenvalue weighted by molar-refractivity contribution is 7.99. The van der Waals surface area contributed by atoms with Crippen molar-refractivity contribution in [2.75, 3.05) is 5.75 Å². The lowest BCUT2D eigenvalue weighted by Crippen LogP contribution is -2.33. The Kier molecular flexibility index (Phi) is 3.73. The van der Waals surface area contributed by atoms with Crippen LogP contribution in [0.5, 0.6) is 0 Å². The molecule has 2 rings (SSSR count). The summed E-state index contributed by atoms with van der Waals surface area (Å²) in [5.41, 5.74) is -3.08. The Morgan fingerprint density at radius 1 is 1.29 bits per heavy atom. The molecule has 1 aromatic carbocycles. The third-order valence-electron chi connectivity index (χ3n) is 2.32. The molecular formula is C12H10F3N3O2S. The SMILES string of the molecule is [2H]C([2H])(c1cc(F)c(F)cc1F)n1c(SCC)nc(=O)[nH]c1=O. The number of thioether (sulfide) groups is 1. The predicted octanol–water partition coefficient (Wildman–Crippen LogP) is 1.51. The minimum Gasteiger partial charge on any atom is -0.268 e. The van der Waals surface area contributed by atoms with Crippen LogP contribution in [0.3, 0.4) is 0 Å². The first-order valence-electron chi connectivity index (χ1n) is 6.70. The van der Waals surface area contributed by atoms with Gasteiger partial charge in [0.15, 0.2) is 16.8 Å². The lowest BCUT2D eigenvalue weighted by molar-refractivity contribution is 0.484. The number of benzene rings is 1. The van der Waals surface area contributed by atoms with Crippen LogP contribution in [0.15, 0.2) is 26.9 Å². The molecule has 0 amide bonds. The lowest BCUT2D eigenvalue weighted by atomic mass is 10.2. The summed E-state index contributed by atoms with van der Waals surface area (Å²) in [4.78, 5) is 28.4. The zero-order valence-corrected chi connectivity index (χ0v) is 11.4. The predicted molar refractivity (Wildman–Crippen MR) is 70.9 cm³/mol. The summed E-state index contributed by atoms with van der Waals surface area (Å²) >= 11 is 0.867. The monoisotopic (exact) mass is 319 g/mol. The van der Waals surface area contributed by atoms with Crippen molar-refractivity contribution in [2.45, 2.75) is 18.6 Å². The van der Waals surface area contributed by atoms with Gasteiger partial charge in [0.25, 0.3) is 0 Å². The summed E-state index contributed by atoms with van der Waals surface area (Å²) in [6, 6.07) is 0.502. The summed E-state index contributed by atoms with van der Waals surface area (Å²) < 4.78 is 56.6. The van der Waals surface area contributed by atoms with Crippen LogP contribution in [0.1, 0.15) is 15.2 Å². The molecule has 1 aromatic heterocycles. The van der Waals surface area contributed by atoms with Gasteiger partial charge in [0, 0.05) is 11.6 Å². The molecule has 0 aliphatic rings. The van der Waals surface area contributed by atoms with Crippen molar-refractivity contribution in [3.63, 3.8) is 0 Å². The Labute approximate surface area is 123 Å². The zero-order chi connectivity index (χ0) is 17.4. The molecule has 1 heterocycles. The highest BCUT2D eigenvalue weighted by Crippen LogP contribution is 2.17. The molecule has 2 aromatic rings. The number of aromatic amines is 1. The Hall–Kier alpha value is -2.03. The van der Waals surface area contributed by atoms with E-state index in [-0.39, 0.29) is 11.2 Å². The molecule has 0 radical (unpaired) electrons. The average Bonchev–Trinajstić information content (AvgIpc) is 2.41. The second-order valence-electron chi connectivity index (χ2n) is 3.76. The number of aromatic nitrogens is 3. The fraction of sp³-hybridized carbons (Fsp3) is 0.250. The van der Waals surface area contributed by atoms with Crippen LogP contribution in [0.4, 0.5) is 13.2 Å². The van der Waals surface area contributed by atoms with E-state index < -0.39 is 40.9 Å². The summed E-state index contributed by atoms with van der Waals surface area (Å²) in [5.74, 6) is -4.00. The van der Waals surface area contributed by atoms with Gasteiger partial charge in [-0.15, -0.1) is 0 Å². The number of hydrogen-bond donors (Lipinski definition) is 1. The van der Waals surface area contributed by atoms with E-state index in [1.54, 1.807) is 11.9 Å². The van der Waals surface area contributed by atoms with Crippen molar-refractivity contribution in [3.05, 3.63) is 56.1 Å². The molecule has 0 saturated carbocycles. The van der Waals surface area contributed by atoms with Crippen molar-refractivity contribution in [1.82, 2.24) is 14.5 Å². The van der Waals surface area contributed by atoms with E-state index in [9.17, 15) is 22.8 Å². The molecule has 0 atom stereocenters. The highest BCUT2D eigenvalue weighted by atomic mass is 32.2. The van der Waals surface area contributed by atoms with Gasteiger partial charge < -0.3 is 0 Å². The molecule has 0 aliphatic carbocycles. The maximum absolute atomic E-state index is 13.9. The number of nitrogens with one attached hydrogen (secondary N) is 1. The van der Waals surface area contributed by atoms with Crippen molar-refractivity contribution in [2.24, 2.45) is 0 Å². The summed E-state index contributed by atoms with van der Waals surface area (Å²) in [6.07, 6.45) is 0. The first-order valence-corrected chi connectivity index (χ1v) is 6.68. The van der Waals surface area contributed by atoms with Gasteiger partial charge in [0.1, 0.15) is 5.82 Å². The fourth-order valence-electron chi connectivity index (χ4n) is 1.45. The molecule has 0 spiro atoms. The van der Waals surface area contributed by atoms with Gasteiger partial charge >= 0.3 is 11.4 Å². The van der Waals surface area contributed by atoms with E-state index in [2.05, 4.69) is 4.98 Å². The van der Waals surface area contributed by atoms with Crippen LogP contribution in [0, 0.1) is 17.5 Å². The van der Waals surface area contributed by atoms with Crippen LogP contribution in [0.25, 0.3) is 0 Å². The Balaban J connectivity index is 2.76. The normalized spacial score (nSPS) is 13.0. The van der Waals surface area contributed by atoms with Gasteiger partial charge in [0.2, 0.25) is 0 Å². The van der Waals surface area contributed by atoms with E-state index in [0.717, 1.165) is 11.8 Å². The van der Waals surface area contributed by atoms with Gasteiger partial charge in [-0.25, -0.2) is 22.8 Å². The molecule has 112 valence electrons. The molecule has 0 bridgehead atoms. The van der Waals surface area contributed by atoms with E-state index in [0.29, 0.717) is 16.4 Å². The van der Waals surface area contributed by atoms with Crippen molar-refractivity contribution < 1.29 is 15.9 Å². The summed E-state index contributed by atoms with van der Waals surface area (Å²) in [5, 5.41) is -0.310. The van der Waals surface area contributed by atoms with E-state index in [4.69, 9.17) is 2.74 Å². The first kappa shape index (κ1) is 12.7. The van der Waals surface area contributed by atoms with Gasteiger partial charge in [-0.05, 0) is 11.8 Å². The standard InChI is InChI=1S/C12H10F3N3O2S/c1-2-21-12-17-10(19)16-11(20)18(12)5-6-3-8(14)9(15)4-7(6)13/h3-4H,2,5H2,1H3,(H,16,19,20)/i5D2. The number of nitrogens with zero attached hydrogens (tertiary/aromatic N) is 2. The Bertz CT molecular complexity index is 870. The smallest absolute Gasteiger partial charge is 0.268 e. The lowest BCUT2D eigenvalue weighted by Gasteiger charge is -2.10. The van der Waals surface area contributed by atoms with Crippen molar-refractivity contribution >= 4 is 11.8 Å². The van der Waals surface area contributed by atoms with Crippen LogP contribution < -0.4 is 11.4 Å². The van der Waals surface area contributed by atoms with Gasteiger partial charge in [0.05, 0.1) is 9.24 Å². The van der Waals surface area contributed by atoms with Gasteiger partial charge in [-0.1, -0.05) is 18.7 Å². The molecule has 21 heavy (non-hydrogen) atoms. The maximum Gasteiger partial charge on any atom is 0.351 e. The second kappa shape index (κ2) is 6.17. The van der Waals surface area contributed by atoms with Crippen LogP contribution in [0.2, 0.25) is 0 Å². The molecule has 1 N–H and O–H groups in total. The third-order valence-corrected chi connectivity index (χ3v) is 3.14. The minimum absolute atomic E-state index is 0.180. The van der Waals surface area contributed by atoms with Crippen molar-refractivity contribution in [1.29, 1.82) is 0 Å². The van der Waals surface area contributed by atoms with E-state index in [1.165, 1.54) is 0 Å². The zero-order valence-electron chi connectivity index (χ0n) is 12.6. The maximum atomic E-state index is 13.9. The molecule has 0 aliphatic heterocycles. The van der Waals surface area contributed by atoms with E-state index >= 15 is 0 Å². The molecular weight excluding hydrogens is 307 g/mol. The molecule has 9 heteroatoms. The first-order chi connectivity index (χ1) is 10.7. The largest absolute Gasteiger partial charge is 0.351 e. The van der Waals surface area contributed by atoms with Gasteiger partial charge in [-0.3, -0.25) is 9.55 Å². The van der Waals surface area contributed by atoms with Crippen LogP contribution in [-0.2, 0) is 6.50 Å². The number of rotatable bonds is 4. The fourth-order valence-corrected chi connectivity index (χ4v) is 2.12. The minimum atomic E-state index is -2.90. The Morgan fingerprint density at radius 2 is 1.95 bits per heavy atom. The highest BCUT2D eigenvalue weighted by Gasteiger charge is 2.14. The third kappa shape index (κ3) is 3.35. The number of halogens is 3. The molecule has 0 saturated heterocycles. The molecule has 5 nitrogen and oxygen atoms in total. The molecule has 0 fully saturated rings. The van der Waals surface area contributed by atoms with Crippen LogP contribution in [-0.4, -0.2) is 20.3 Å². The average molecular weight is 319 g/mol. The van der Waals surface area contributed by atoms with Crippen LogP contribution >= 0.6 is 11.8 Å². The van der Waals surface area contributed by atoms with Crippen molar-refractivity contribution in [3.8, 4) is 0 Å². The quantitative estimate of drug-likeness (QED) is 0.685. The van der Waals surface area contributed by atoms with Gasteiger partial charge in [-0.2, -0.15) is 4.98 Å². The van der Waals surface area contributed by atoms with E-state index in [1.807, 2.05) is 0 Å². The topological polar surface area (TPSA) is 67.8 Å². The Morgan fingerprint density at radius 3 is 2.62 bits per heavy atom. The molecule has 0 unspecified atom stereocenters. The number of hydrogen-bond acceptors (Lipinski definition) is 4.